The summed E-state index contributed by atoms with van der Waals surface area (Å²) in [7, 11) is 0. The van der Waals surface area contributed by atoms with Gasteiger partial charge in [0.15, 0.2) is 0 Å². The average molecular weight is 390 g/mol. The van der Waals surface area contributed by atoms with E-state index in [9.17, 15) is 8.78 Å². The Balaban J connectivity index is 1.43. The summed E-state index contributed by atoms with van der Waals surface area (Å²) >= 11 is 0. The largest absolute Gasteiger partial charge is 0.457 e. The fourth-order valence-electron chi connectivity index (χ4n) is 2.58. The molecule has 5 nitrogen and oxygen atoms in total. The Morgan fingerprint density at radius 3 is 2.28 bits per heavy atom. The van der Waals surface area contributed by atoms with Crippen molar-refractivity contribution >= 4 is 23.1 Å². The number of benzene rings is 3. The quantitative estimate of drug-likeness (QED) is 0.421. The van der Waals surface area contributed by atoms with Crippen molar-refractivity contribution in [2.24, 2.45) is 0 Å². The molecule has 0 saturated heterocycles. The van der Waals surface area contributed by atoms with Gasteiger partial charge >= 0.3 is 0 Å². The number of ether oxygens (including phenoxy) is 1. The molecule has 0 saturated carbocycles. The van der Waals surface area contributed by atoms with Gasteiger partial charge in [0.05, 0.1) is 5.69 Å². The molecule has 7 heteroatoms. The van der Waals surface area contributed by atoms with Crippen molar-refractivity contribution in [1.82, 2.24) is 9.97 Å². The number of rotatable bonds is 6. The number of para-hydroxylation sites is 1. The molecule has 0 amide bonds. The molecule has 1 aromatic heterocycles. The summed E-state index contributed by atoms with van der Waals surface area (Å²) in [6.07, 6.45) is 1.53. The van der Waals surface area contributed by atoms with Crippen LogP contribution in [-0.2, 0) is 0 Å². The Hall–Kier alpha value is -4.00. The van der Waals surface area contributed by atoms with E-state index < -0.39 is 11.6 Å². The molecular formula is C22H16F2N4O. The fraction of sp³-hybridized carbons (Fsp3) is 0. The van der Waals surface area contributed by atoms with Gasteiger partial charge in [-0.3, -0.25) is 0 Å². The van der Waals surface area contributed by atoms with Crippen LogP contribution in [0.25, 0.3) is 0 Å². The maximum absolute atomic E-state index is 13.8. The van der Waals surface area contributed by atoms with Gasteiger partial charge in [-0.05, 0) is 54.6 Å². The minimum absolute atomic E-state index is 0.0889. The van der Waals surface area contributed by atoms with E-state index in [0.29, 0.717) is 11.6 Å². The van der Waals surface area contributed by atoms with E-state index in [1.165, 1.54) is 12.3 Å². The number of hydrogen-bond donors (Lipinski definition) is 2. The highest BCUT2D eigenvalue weighted by Gasteiger charge is 2.07. The van der Waals surface area contributed by atoms with Crippen molar-refractivity contribution in [2.45, 2.75) is 0 Å². The number of aromatic nitrogens is 2. The molecule has 0 unspecified atom stereocenters. The van der Waals surface area contributed by atoms with Crippen molar-refractivity contribution in [2.75, 3.05) is 10.6 Å². The van der Waals surface area contributed by atoms with Crippen molar-refractivity contribution in [3.8, 4) is 11.5 Å². The average Bonchev–Trinajstić information content (AvgIpc) is 2.73. The van der Waals surface area contributed by atoms with E-state index >= 15 is 0 Å². The zero-order chi connectivity index (χ0) is 20.1. The van der Waals surface area contributed by atoms with Crippen molar-refractivity contribution in [3.05, 3.63) is 96.7 Å². The van der Waals surface area contributed by atoms with Crippen LogP contribution in [0.1, 0.15) is 0 Å². The van der Waals surface area contributed by atoms with Gasteiger partial charge in [0.2, 0.25) is 5.95 Å². The summed E-state index contributed by atoms with van der Waals surface area (Å²) in [4.78, 5) is 8.35. The topological polar surface area (TPSA) is 59.1 Å². The maximum atomic E-state index is 13.8. The second-order valence-corrected chi connectivity index (χ2v) is 6.08. The van der Waals surface area contributed by atoms with E-state index in [-0.39, 0.29) is 11.6 Å². The second-order valence-electron chi connectivity index (χ2n) is 6.08. The first-order valence-corrected chi connectivity index (χ1v) is 8.81. The summed E-state index contributed by atoms with van der Waals surface area (Å²) in [6.45, 7) is 0. The van der Waals surface area contributed by atoms with Crippen LogP contribution in [0.4, 0.5) is 31.9 Å². The molecule has 0 aliphatic rings. The molecular weight excluding hydrogens is 374 g/mol. The molecule has 2 N–H and O–H groups in total. The monoisotopic (exact) mass is 390 g/mol. The summed E-state index contributed by atoms with van der Waals surface area (Å²) < 4.78 is 32.6. The molecule has 0 aliphatic carbocycles. The third kappa shape index (κ3) is 4.84. The van der Waals surface area contributed by atoms with E-state index in [1.54, 1.807) is 6.07 Å². The van der Waals surface area contributed by atoms with E-state index in [1.807, 2.05) is 54.6 Å². The lowest BCUT2D eigenvalue weighted by molar-refractivity contribution is 0.483. The second kappa shape index (κ2) is 8.35. The molecule has 144 valence electrons. The van der Waals surface area contributed by atoms with E-state index in [2.05, 4.69) is 20.6 Å². The normalized spacial score (nSPS) is 10.4. The lowest BCUT2D eigenvalue weighted by Crippen LogP contribution is -2.02. The van der Waals surface area contributed by atoms with Crippen LogP contribution in [0, 0.1) is 11.6 Å². The molecule has 0 atom stereocenters. The predicted octanol–water partition coefficient (Wildman–Crippen LogP) is 6.03. The Morgan fingerprint density at radius 1 is 0.759 bits per heavy atom. The number of nitrogens with zero attached hydrogens (tertiary/aromatic N) is 2. The standard InChI is InChI=1S/C22H16F2N4O/c23-15-6-11-20(19(24)14-15)27-22-25-13-12-21(28-22)26-16-7-9-18(10-8-16)29-17-4-2-1-3-5-17/h1-14H,(H2,25,26,27,28). The van der Waals surface area contributed by atoms with Crippen molar-refractivity contribution < 1.29 is 13.5 Å². The lowest BCUT2D eigenvalue weighted by Gasteiger charge is -2.10. The van der Waals surface area contributed by atoms with Crippen LogP contribution in [0.5, 0.6) is 11.5 Å². The minimum atomic E-state index is -0.721. The van der Waals surface area contributed by atoms with Crippen molar-refractivity contribution in [1.29, 1.82) is 0 Å². The Morgan fingerprint density at radius 2 is 1.52 bits per heavy atom. The van der Waals surface area contributed by atoms with Gasteiger partial charge in [-0.25, -0.2) is 13.8 Å². The van der Waals surface area contributed by atoms with Gasteiger partial charge in [-0.2, -0.15) is 4.98 Å². The van der Waals surface area contributed by atoms with Gasteiger partial charge in [0, 0.05) is 18.0 Å². The van der Waals surface area contributed by atoms with Gasteiger partial charge in [-0.1, -0.05) is 18.2 Å². The molecule has 0 spiro atoms. The number of nitrogens with one attached hydrogen (secondary N) is 2. The highest BCUT2D eigenvalue weighted by Crippen LogP contribution is 2.24. The number of hydrogen-bond acceptors (Lipinski definition) is 5. The minimum Gasteiger partial charge on any atom is -0.457 e. The van der Waals surface area contributed by atoms with E-state index in [4.69, 9.17) is 4.74 Å². The molecule has 29 heavy (non-hydrogen) atoms. The van der Waals surface area contributed by atoms with E-state index in [0.717, 1.165) is 23.6 Å². The highest BCUT2D eigenvalue weighted by molar-refractivity contribution is 5.60. The first-order chi connectivity index (χ1) is 14.2. The summed E-state index contributed by atoms with van der Waals surface area (Å²) in [5.41, 5.74) is 0.883. The van der Waals surface area contributed by atoms with Crippen LogP contribution < -0.4 is 15.4 Å². The van der Waals surface area contributed by atoms with Crippen LogP contribution in [0.3, 0.4) is 0 Å². The number of anilines is 4. The highest BCUT2D eigenvalue weighted by atomic mass is 19.1. The van der Waals surface area contributed by atoms with Gasteiger partial charge in [-0.15, -0.1) is 0 Å². The van der Waals surface area contributed by atoms with Crippen LogP contribution in [0.2, 0.25) is 0 Å². The fourth-order valence-corrected chi connectivity index (χ4v) is 2.58. The van der Waals surface area contributed by atoms with Crippen LogP contribution in [-0.4, -0.2) is 9.97 Å². The molecule has 0 radical (unpaired) electrons. The van der Waals surface area contributed by atoms with Gasteiger partial charge < -0.3 is 15.4 Å². The predicted molar refractivity (Wildman–Crippen MR) is 108 cm³/mol. The van der Waals surface area contributed by atoms with Gasteiger partial charge in [0.25, 0.3) is 0 Å². The third-order valence-electron chi connectivity index (χ3n) is 3.94. The molecule has 1 heterocycles. The number of halogens is 2. The van der Waals surface area contributed by atoms with Crippen LogP contribution >= 0.6 is 0 Å². The molecule has 4 rings (SSSR count). The maximum Gasteiger partial charge on any atom is 0.229 e. The Kier molecular flexibility index (Phi) is 5.29. The first kappa shape index (κ1) is 18.4. The summed E-state index contributed by atoms with van der Waals surface area (Å²) in [6, 6.07) is 21.8. The zero-order valence-corrected chi connectivity index (χ0v) is 15.1. The molecule has 3 aromatic carbocycles. The summed E-state index contributed by atoms with van der Waals surface area (Å²) in [5, 5.41) is 5.88. The molecule has 0 bridgehead atoms. The Labute approximate surface area is 166 Å². The first-order valence-electron chi connectivity index (χ1n) is 8.81. The molecule has 0 aliphatic heterocycles. The summed E-state index contributed by atoms with van der Waals surface area (Å²) in [5.74, 6) is 0.794. The zero-order valence-electron chi connectivity index (χ0n) is 15.1. The molecule has 0 fully saturated rings. The third-order valence-corrected chi connectivity index (χ3v) is 3.94. The Bertz CT molecular complexity index is 1110. The SMILES string of the molecule is Fc1ccc(Nc2nccc(Nc3ccc(Oc4ccccc4)cc3)n2)c(F)c1. The lowest BCUT2D eigenvalue weighted by atomic mass is 10.3. The van der Waals surface area contributed by atoms with Crippen molar-refractivity contribution in [3.63, 3.8) is 0 Å². The van der Waals surface area contributed by atoms with Gasteiger partial charge in [0.1, 0.15) is 29.0 Å². The molecule has 4 aromatic rings. The smallest absolute Gasteiger partial charge is 0.229 e. The van der Waals surface area contributed by atoms with Crippen LogP contribution in [0.15, 0.2) is 85.1 Å².